The van der Waals surface area contributed by atoms with E-state index in [1.807, 2.05) is 0 Å². The Bertz CT molecular complexity index is 270. The topological polar surface area (TPSA) is 9.23 Å². The Morgan fingerprint density at radius 2 is 1.81 bits per heavy atom. The molecule has 0 bridgehead atoms. The van der Waals surface area contributed by atoms with Crippen molar-refractivity contribution in [1.29, 1.82) is 0 Å². The highest BCUT2D eigenvalue weighted by molar-refractivity contribution is 9.09. The molecule has 0 aliphatic heterocycles. The maximum Gasteiger partial charge on any atom is 0.101 e. The summed E-state index contributed by atoms with van der Waals surface area (Å²) in [5.41, 5.74) is 2.03. The van der Waals surface area contributed by atoms with Gasteiger partial charge in [-0.15, -0.1) is 0 Å². The van der Waals surface area contributed by atoms with Crippen molar-refractivity contribution in [2.75, 3.05) is 11.9 Å². The number of hydrogen-bond acceptors (Lipinski definition) is 1. The molecular weight excluding hydrogens is 264 g/mol. The van der Waals surface area contributed by atoms with Gasteiger partial charge in [-0.2, -0.15) is 0 Å². The van der Waals surface area contributed by atoms with Gasteiger partial charge in [-0.25, -0.2) is 0 Å². The zero-order valence-electron chi connectivity index (χ0n) is 11.3. The molecule has 0 atom stereocenters. The molecule has 0 aromatic rings. The normalized spacial score (nSPS) is 16.2. The highest BCUT2D eigenvalue weighted by atomic mass is 79.9. The minimum atomic E-state index is 0.166. The summed E-state index contributed by atoms with van der Waals surface area (Å²) in [5, 5.41) is 1.04. The van der Waals surface area contributed by atoms with E-state index in [-0.39, 0.29) is 5.41 Å². The number of allylic oxidation sites excluding steroid dienone is 2. The van der Waals surface area contributed by atoms with Crippen molar-refractivity contribution in [1.82, 2.24) is 0 Å². The standard InChI is InChI=1S/C14H25BrO/c1-6-16-12(11-7-8-11)14(4,5)9-13(2,3)10-15/h6-10H2,1-5H3. The first-order valence-electron chi connectivity index (χ1n) is 6.23. The van der Waals surface area contributed by atoms with Gasteiger partial charge >= 0.3 is 0 Å². The van der Waals surface area contributed by atoms with Crippen molar-refractivity contribution in [3.63, 3.8) is 0 Å². The lowest BCUT2D eigenvalue weighted by Crippen LogP contribution is -2.27. The third-order valence-electron chi connectivity index (χ3n) is 3.01. The van der Waals surface area contributed by atoms with Crippen LogP contribution in [0.1, 0.15) is 53.9 Å². The molecule has 0 amide bonds. The smallest absolute Gasteiger partial charge is 0.101 e. The van der Waals surface area contributed by atoms with Crippen molar-refractivity contribution in [3.8, 4) is 0 Å². The van der Waals surface area contributed by atoms with Gasteiger partial charge in [0.25, 0.3) is 0 Å². The first kappa shape index (κ1) is 14.1. The molecule has 0 spiro atoms. The quantitative estimate of drug-likeness (QED) is 0.499. The molecule has 1 rings (SSSR count). The molecule has 94 valence electrons. The van der Waals surface area contributed by atoms with Gasteiger partial charge in [-0.1, -0.05) is 43.6 Å². The molecule has 1 saturated carbocycles. The lowest BCUT2D eigenvalue weighted by molar-refractivity contribution is 0.120. The zero-order valence-corrected chi connectivity index (χ0v) is 12.9. The van der Waals surface area contributed by atoms with E-state index in [0.717, 1.165) is 18.4 Å². The van der Waals surface area contributed by atoms with Gasteiger partial charge in [0.2, 0.25) is 0 Å². The Morgan fingerprint density at radius 3 is 2.19 bits per heavy atom. The van der Waals surface area contributed by atoms with Gasteiger partial charge in [0.15, 0.2) is 0 Å². The second-order valence-corrected chi connectivity index (χ2v) is 6.78. The van der Waals surface area contributed by atoms with Crippen LogP contribution in [0.3, 0.4) is 0 Å². The number of halogens is 1. The third-order valence-corrected chi connectivity index (χ3v) is 4.52. The van der Waals surface area contributed by atoms with Gasteiger partial charge < -0.3 is 4.74 Å². The van der Waals surface area contributed by atoms with Crippen LogP contribution < -0.4 is 0 Å². The average molecular weight is 289 g/mol. The monoisotopic (exact) mass is 288 g/mol. The van der Waals surface area contributed by atoms with Crippen LogP contribution in [0.25, 0.3) is 0 Å². The van der Waals surface area contributed by atoms with Crippen molar-refractivity contribution in [2.45, 2.75) is 53.9 Å². The Kier molecular flexibility index (Phi) is 4.50. The molecule has 1 aliphatic carbocycles. The summed E-state index contributed by atoms with van der Waals surface area (Å²) in [6, 6.07) is 0. The number of ether oxygens (including phenoxy) is 1. The molecule has 0 unspecified atom stereocenters. The van der Waals surface area contributed by atoms with E-state index in [4.69, 9.17) is 4.74 Å². The minimum Gasteiger partial charge on any atom is -0.498 e. The molecular formula is C14H25BrO. The van der Waals surface area contributed by atoms with Crippen LogP contribution in [0.15, 0.2) is 11.3 Å². The molecule has 0 aromatic heterocycles. The van der Waals surface area contributed by atoms with Crippen LogP contribution in [0, 0.1) is 10.8 Å². The van der Waals surface area contributed by atoms with E-state index in [1.165, 1.54) is 24.2 Å². The lowest BCUT2D eigenvalue weighted by atomic mass is 9.74. The maximum atomic E-state index is 5.89. The fourth-order valence-electron chi connectivity index (χ4n) is 2.53. The maximum absolute atomic E-state index is 5.89. The van der Waals surface area contributed by atoms with Crippen molar-refractivity contribution < 1.29 is 4.74 Å². The van der Waals surface area contributed by atoms with E-state index in [9.17, 15) is 0 Å². The summed E-state index contributed by atoms with van der Waals surface area (Å²) >= 11 is 3.61. The first-order chi connectivity index (χ1) is 7.32. The lowest BCUT2D eigenvalue weighted by Gasteiger charge is -2.35. The molecule has 0 saturated heterocycles. The van der Waals surface area contributed by atoms with E-state index in [0.29, 0.717) is 5.41 Å². The van der Waals surface area contributed by atoms with Crippen LogP contribution >= 0.6 is 15.9 Å². The van der Waals surface area contributed by atoms with E-state index < -0.39 is 0 Å². The van der Waals surface area contributed by atoms with Gasteiger partial charge in [-0.3, -0.25) is 0 Å². The summed E-state index contributed by atoms with van der Waals surface area (Å²) in [6.45, 7) is 12.1. The van der Waals surface area contributed by atoms with Crippen LogP contribution in [0.2, 0.25) is 0 Å². The number of hydrogen-bond donors (Lipinski definition) is 0. The summed E-state index contributed by atoms with van der Waals surface area (Å²) in [7, 11) is 0. The molecule has 0 aromatic carbocycles. The Labute approximate surface area is 109 Å². The first-order valence-corrected chi connectivity index (χ1v) is 7.36. The van der Waals surface area contributed by atoms with E-state index >= 15 is 0 Å². The molecule has 0 heterocycles. The summed E-state index contributed by atoms with van der Waals surface area (Å²) in [6.07, 6.45) is 3.64. The molecule has 0 radical (unpaired) electrons. The van der Waals surface area contributed by atoms with Crippen molar-refractivity contribution >= 4 is 15.9 Å². The highest BCUT2D eigenvalue weighted by Crippen LogP contribution is 2.46. The Morgan fingerprint density at radius 1 is 1.25 bits per heavy atom. The van der Waals surface area contributed by atoms with Crippen LogP contribution in [0.4, 0.5) is 0 Å². The van der Waals surface area contributed by atoms with Crippen LogP contribution in [-0.4, -0.2) is 11.9 Å². The van der Waals surface area contributed by atoms with Gasteiger partial charge in [0.05, 0.1) is 6.61 Å². The van der Waals surface area contributed by atoms with Gasteiger partial charge in [0.1, 0.15) is 5.76 Å². The number of alkyl halides is 1. The molecule has 16 heavy (non-hydrogen) atoms. The molecule has 2 heteroatoms. The highest BCUT2D eigenvalue weighted by Gasteiger charge is 2.36. The third kappa shape index (κ3) is 3.80. The van der Waals surface area contributed by atoms with Crippen molar-refractivity contribution in [2.24, 2.45) is 10.8 Å². The second-order valence-electron chi connectivity index (χ2n) is 6.22. The largest absolute Gasteiger partial charge is 0.498 e. The Balaban J connectivity index is 2.79. The fourth-order valence-corrected chi connectivity index (χ4v) is 2.73. The summed E-state index contributed by atoms with van der Waals surface area (Å²) < 4.78 is 5.89. The predicted molar refractivity (Wildman–Crippen MR) is 73.9 cm³/mol. The van der Waals surface area contributed by atoms with Crippen LogP contribution in [-0.2, 0) is 4.74 Å². The molecule has 1 fully saturated rings. The van der Waals surface area contributed by atoms with E-state index in [2.05, 4.69) is 50.5 Å². The number of rotatable bonds is 6. The molecule has 0 N–H and O–H groups in total. The average Bonchev–Trinajstić information content (AvgIpc) is 2.95. The van der Waals surface area contributed by atoms with E-state index in [1.54, 1.807) is 0 Å². The molecule has 1 aliphatic rings. The predicted octanol–water partition coefficient (Wildman–Crippen LogP) is 4.91. The fraction of sp³-hybridized carbons (Fsp3) is 0.857. The van der Waals surface area contributed by atoms with Gasteiger partial charge in [0, 0.05) is 10.7 Å². The summed E-state index contributed by atoms with van der Waals surface area (Å²) in [4.78, 5) is 0. The zero-order chi connectivity index (χ0) is 12.4. The van der Waals surface area contributed by atoms with Crippen LogP contribution in [0.5, 0.6) is 0 Å². The van der Waals surface area contributed by atoms with Gasteiger partial charge in [-0.05, 0) is 37.2 Å². The Hall–Kier alpha value is 0.0200. The second kappa shape index (κ2) is 5.12. The van der Waals surface area contributed by atoms with Crippen molar-refractivity contribution in [3.05, 3.63) is 11.3 Å². The summed E-state index contributed by atoms with van der Waals surface area (Å²) in [5.74, 6) is 1.27. The SMILES string of the molecule is CCOC(=C1CC1)C(C)(C)CC(C)(C)CBr. The minimum absolute atomic E-state index is 0.166. The molecule has 1 nitrogen and oxygen atoms in total.